The SMILES string of the molecule is C#Cc1cccc(NC(=O)CN=C(NCC)NC2CN(C(C)C)CC2C)c1.I. The molecule has 1 aromatic rings. The smallest absolute Gasteiger partial charge is 0.246 e. The fourth-order valence-corrected chi connectivity index (χ4v) is 3.15. The van der Waals surface area contributed by atoms with E-state index in [0.29, 0.717) is 29.6 Å². The standard InChI is InChI=1S/C21H31N5O.HI/c1-6-17-9-8-10-18(11-17)24-20(27)12-23-21(22-7-2)25-19-14-26(15(3)4)13-16(19)5;/h1,8-11,15-16,19H,7,12-14H2,2-5H3,(H,24,27)(H2,22,23,25);1H. The molecule has 2 atom stereocenters. The van der Waals surface area contributed by atoms with Crippen molar-refractivity contribution in [3.63, 3.8) is 0 Å². The largest absolute Gasteiger partial charge is 0.357 e. The van der Waals surface area contributed by atoms with Crippen LogP contribution in [0.5, 0.6) is 0 Å². The molecule has 7 heteroatoms. The number of hydrogen-bond acceptors (Lipinski definition) is 3. The maximum Gasteiger partial charge on any atom is 0.246 e. The number of carbonyl (C=O) groups is 1. The molecule has 1 heterocycles. The van der Waals surface area contributed by atoms with E-state index in [-0.39, 0.29) is 36.4 Å². The van der Waals surface area contributed by atoms with Crippen molar-refractivity contribution < 1.29 is 4.79 Å². The lowest BCUT2D eigenvalue weighted by Crippen LogP contribution is -2.47. The first-order chi connectivity index (χ1) is 12.9. The highest BCUT2D eigenvalue weighted by Crippen LogP contribution is 2.18. The van der Waals surface area contributed by atoms with Crippen LogP contribution >= 0.6 is 24.0 Å². The Morgan fingerprint density at radius 2 is 2.14 bits per heavy atom. The fraction of sp³-hybridized carbons (Fsp3) is 0.524. The number of guanidine groups is 1. The Hall–Kier alpha value is -1.79. The molecule has 0 spiro atoms. The summed E-state index contributed by atoms with van der Waals surface area (Å²) in [6.45, 7) is 11.5. The van der Waals surface area contributed by atoms with Crippen LogP contribution in [0, 0.1) is 18.3 Å². The quantitative estimate of drug-likeness (QED) is 0.245. The van der Waals surface area contributed by atoms with Crippen LogP contribution in [0.2, 0.25) is 0 Å². The predicted octanol–water partition coefficient (Wildman–Crippen LogP) is 2.51. The van der Waals surface area contributed by atoms with Crippen LogP contribution < -0.4 is 16.0 Å². The second-order valence-electron chi connectivity index (χ2n) is 7.24. The van der Waals surface area contributed by atoms with E-state index in [4.69, 9.17) is 6.42 Å². The number of hydrogen-bond donors (Lipinski definition) is 3. The molecule has 0 aromatic heterocycles. The third-order valence-corrected chi connectivity index (χ3v) is 4.73. The molecule has 1 fully saturated rings. The first-order valence-corrected chi connectivity index (χ1v) is 9.58. The van der Waals surface area contributed by atoms with Crippen LogP contribution in [-0.4, -0.2) is 55.0 Å². The highest BCUT2D eigenvalue weighted by Gasteiger charge is 2.31. The number of carbonyl (C=O) groups excluding carboxylic acids is 1. The number of nitrogens with one attached hydrogen (secondary N) is 3. The molecule has 3 N–H and O–H groups in total. The summed E-state index contributed by atoms with van der Waals surface area (Å²) in [5, 5.41) is 9.54. The Morgan fingerprint density at radius 1 is 1.39 bits per heavy atom. The number of benzene rings is 1. The summed E-state index contributed by atoms with van der Waals surface area (Å²) in [7, 11) is 0. The number of anilines is 1. The average molecular weight is 497 g/mol. The molecule has 28 heavy (non-hydrogen) atoms. The molecule has 1 saturated heterocycles. The minimum atomic E-state index is -0.176. The first-order valence-electron chi connectivity index (χ1n) is 9.58. The summed E-state index contributed by atoms with van der Waals surface area (Å²) >= 11 is 0. The molecular formula is C21H32IN5O. The lowest BCUT2D eigenvalue weighted by molar-refractivity contribution is -0.114. The molecule has 0 aliphatic carbocycles. The van der Waals surface area contributed by atoms with Crippen molar-refractivity contribution >= 4 is 41.5 Å². The number of halogens is 1. The Labute approximate surface area is 186 Å². The molecule has 0 saturated carbocycles. The van der Waals surface area contributed by atoms with E-state index in [0.717, 1.165) is 25.2 Å². The van der Waals surface area contributed by atoms with Crippen molar-refractivity contribution in [2.45, 2.75) is 39.8 Å². The van der Waals surface area contributed by atoms with Crippen molar-refractivity contribution in [3.05, 3.63) is 29.8 Å². The number of terminal acetylenes is 1. The van der Waals surface area contributed by atoms with Gasteiger partial charge in [0.15, 0.2) is 5.96 Å². The number of aliphatic imine (C=N–C) groups is 1. The van der Waals surface area contributed by atoms with E-state index >= 15 is 0 Å². The number of likely N-dealkylation sites (tertiary alicyclic amines) is 1. The van der Waals surface area contributed by atoms with Crippen LogP contribution in [0.4, 0.5) is 5.69 Å². The van der Waals surface area contributed by atoms with Gasteiger partial charge < -0.3 is 16.0 Å². The van der Waals surface area contributed by atoms with Crippen LogP contribution in [0.25, 0.3) is 0 Å². The van der Waals surface area contributed by atoms with Crippen molar-refractivity contribution in [1.29, 1.82) is 0 Å². The molecule has 6 nitrogen and oxygen atoms in total. The van der Waals surface area contributed by atoms with E-state index in [1.807, 2.05) is 25.1 Å². The van der Waals surface area contributed by atoms with Gasteiger partial charge in [-0.25, -0.2) is 4.99 Å². The van der Waals surface area contributed by atoms with Gasteiger partial charge in [-0.1, -0.05) is 18.9 Å². The monoisotopic (exact) mass is 497 g/mol. The van der Waals surface area contributed by atoms with Crippen LogP contribution in [-0.2, 0) is 4.79 Å². The van der Waals surface area contributed by atoms with E-state index in [1.165, 1.54) is 0 Å². The summed E-state index contributed by atoms with van der Waals surface area (Å²) in [5.74, 6) is 3.58. The molecule has 1 aromatic carbocycles. The van der Waals surface area contributed by atoms with Gasteiger partial charge in [0.1, 0.15) is 6.54 Å². The number of amides is 1. The molecule has 2 rings (SSSR count). The second-order valence-corrected chi connectivity index (χ2v) is 7.24. The van der Waals surface area contributed by atoms with Crippen LogP contribution in [0.3, 0.4) is 0 Å². The summed E-state index contributed by atoms with van der Waals surface area (Å²) in [6, 6.07) is 8.08. The van der Waals surface area contributed by atoms with Gasteiger partial charge in [-0.3, -0.25) is 9.69 Å². The summed E-state index contributed by atoms with van der Waals surface area (Å²) in [5.41, 5.74) is 1.41. The lowest BCUT2D eigenvalue weighted by atomic mass is 10.1. The zero-order valence-electron chi connectivity index (χ0n) is 17.2. The van der Waals surface area contributed by atoms with Crippen molar-refractivity contribution in [2.24, 2.45) is 10.9 Å². The van der Waals surface area contributed by atoms with E-state index in [2.05, 4.69) is 52.5 Å². The van der Waals surface area contributed by atoms with Gasteiger partial charge >= 0.3 is 0 Å². The Balaban J connectivity index is 0.00000392. The number of nitrogens with zero attached hydrogens (tertiary/aromatic N) is 2. The van der Waals surface area contributed by atoms with Gasteiger partial charge in [0.25, 0.3) is 0 Å². The fourth-order valence-electron chi connectivity index (χ4n) is 3.15. The third kappa shape index (κ3) is 7.32. The zero-order chi connectivity index (χ0) is 19.8. The minimum Gasteiger partial charge on any atom is -0.357 e. The Morgan fingerprint density at radius 3 is 2.75 bits per heavy atom. The molecule has 154 valence electrons. The van der Waals surface area contributed by atoms with Gasteiger partial charge in [0.05, 0.1) is 0 Å². The molecular weight excluding hydrogens is 465 g/mol. The second kappa shape index (κ2) is 11.9. The van der Waals surface area contributed by atoms with Gasteiger partial charge in [-0.05, 0) is 44.9 Å². The maximum absolute atomic E-state index is 12.2. The molecule has 0 radical (unpaired) electrons. The predicted molar refractivity (Wildman–Crippen MR) is 127 cm³/mol. The van der Waals surface area contributed by atoms with Gasteiger partial charge in [0.2, 0.25) is 5.91 Å². The maximum atomic E-state index is 12.2. The summed E-state index contributed by atoms with van der Waals surface area (Å²) < 4.78 is 0. The highest BCUT2D eigenvalue weighted by molar-refractivity contribution is 14.0. The third-order valence-electron chi connectivity index (χ3n) is 4.73. The van der Waals surface area contributed by atoms with Gasteiger partial charge in [0, 0.05) is 43.0 Å². The molecule has 1 amide bonds. The average Bonchev–Trinajstić information content (AvgIpc) is 3.01. The number of rotatable bonds is 6. The summed E-state index contributed by atoms with van der Waals surface area (Å²) in [4.78, 5) is 19.1. The molecule has 2 unspecified atom stereocenters. The van der Waals surface area contributed by atoms with Gasteiger partial charge in [-0.15, -0.1) is 30.4 Å². The Bertz CT molecular complexity index is 713. The molecule has 0 bridgehead atoms. The first kappa shape index (κ1) is 24.2. The highest BCUT2D eigenvalue weighted by atomic mass is 127. The lowest BCUT2D eigenvalue weighted by Gasteiger charge is -2.21. The molecule has 1 aliphatic rings. The van der Waals surface area contributed by atoms with Crippen molar-refractivity contribution in [2.75, 3.05) is 31.5 Å². The normalized spacial score (nSPS) is 19.6. The topological polar surface area (TPSA) is 68.8 Å². The minimum absolute atomic E-state index is 0. The van der Waals surface area contributed by atoms with Crippen molar-refractivity contribution in [3.8, 4) is 12.3 Å². The van der Waals surface area contributed by atoms with E-state index < -0.39 is 0 Å². The van der Waals surface area contributed by atoms with E-state index in [9.17, 15) is 4.79 Å². The van der Waals surface area contributed by atoms with Crippen LogP contribution in [0.1, 0.15) is 33.3 Å². The zero-order valence-corrected chi connectivity index (χ0v) is 19.5. The summed E-state index contributed by atoms with van der Waals surface area (Å²) in [6.07, 6.45) is 5.39. The van der Waals surface area contributed by atoms with Gasteiger partial charge in [-0.2, -0.15) is 0 Å². The molecule has 1 aliphatic heterocycles. The van der Waals surface area contributed by atoms with Crippen LogP contribution in [0.15, 0.2) is 29.3 Å². The van der Waals surface area contributed by atoms with E-state index in [1.54, 1.807) is 6.07 Å². The van der Waals surface area contributed by atoms with Crippen molar-refractivity contribution in [1.82, 2.24) is 15.5 Å². The Kier molecular flexibility index (Phi) is 10.3.